The molecule has 0 unspecified atom stereocenters. The van der Waals surface area contributed by atoms with Crippen LogP contribution in [0, 0.1) is 0 Å². The molecular weight excluding hydrogens is 450 g/mol. The Morgan fingerprint density at radius 3 is 2.03 bits per heavy atom. The number of nitrogens with zero attached hydrogens (tertiary/aromatic N) is 2. The molecule has 2 saturated carbocycles. The summed E-state index contributed by atoms with van der Waals surface area (Å²) in [4.78, 5) is 26.8. The normalized spacial score (nSPS) is 16.9. The minimum Gasteiger partial charge on any atom is -0.349 e. The number of carbonyl (C=O) groups excluding carboxylic acids is 2. The van der Waals surface area contributed by atoms with E-state index in [1.165, 1.54) is 16.4 Å². The van der Waals surface area contributed by atoms with Crippen molar-refractivity contribution in [3.63, 3.8) is 0 Å². The van der Waals surface area contributed by atoms with Gasteiger partial charge >= 0.3 is 0 Å². The van der Waals surface area contributed by atoms with Crippen LogP contribution < -0.4 is 5.32 Å². The molecule has 2 aromatic carbocycles. The average Bonchev–Trinajstić information content (AvgIpc) is 3.68. The number of carbonyl (C=O) groups is 2. The molecular formula is C26H33N3O4S. The second-order valence-electron chi connectivity index (χ2n) is 9.44. The molecule has 0 radical (unpaired) electrons. The predicted octanol–water partition coefficient (Wildman–Crippen LogP) is 3.80. The van der Waals surface area contributed by atoms with E-state index in [9.17, 15) is 18.0 Å². The second-order valence-corrected chi connectivity index (χ2v) is 11.4. The van der Waals surface area contributed by atoms with E-state index >= 15 is 0 Å². The molecule has 0 aromatic heterocycles. The van der Waals surface area contributed by atoms with Gasteiger partial charge in [0.15, 0.2) is 0 Å². The molecule has 2 amide bonds. The van der Waals surface area contributed by atoms with Crippen LogP contribution in [0.3, 0.4) is 0 Å². The van der Waals surface area contributed by atoms with Crippen LogP contribution in [0.15, 0.2) is 53.4 Å². The molecule has 0 spiro atoms. The van der Waals surface area contributed by atoms with Crippen LogP contribution in [0.5, 0.6) is 0 Å². The van der Waals surface area contributed by atoms with Gasteiger partial charge in [0, 0.05) is 43.9 Å². The van der Waals surface area contributed by atoms with Gasteiger partial charge in [0.05, 0.1) is 4.90 Å². The van der Waals surface area contributed by atoms with Crippen molar-refractivity contribution in [2.75, 3.05) is 14.1 Å². The number of hydrogen-bond donors (Lipinski definition) is 1. The number of sulfonamides is 1. The van der Waals surface area contributed by atoms with Gasteiger partial charge in [-0.25, -0.2) is 8.42 Å². The van der Waals surface area contributed by atoms with Crippen molar-refractivity contribution in [3.8, 4) is 0 Å². The van der Waals surface area contributed by atoms with Crippen LogP contribution in [0.2, 0.25) is 0 Å². The van der Waals surface area contributed by atoms with Gasteiger partial charge in [-0.15, -0.1) is 0 Å². The third-order valence-corrected chi connectivity index (χ3v) is 8.69. The quantitative estimate of drug-likeness (QED) is 0.619. The summed E-state index contributed by atoms with van der Waals surface area (Å²) in [6.07, 6.45) is 7.14. The molecule has 1 N–H and O–H groups in total. The zero-order valence-corrected chi connectivity index (χ0v) is 20.7. The van der Waals surface area contributed by atoms with Gasteiger partial charge in [0.2, 0.25) is 10.0 Å². The lowest BCUT2D eigenvalue weighted by Crippen LogP contribution is -2.38. The van der Waals surface area contributed by atoms with Crippen molar-refractivity contribution < 1.29 is 18.0 Å². The molecule has 0 atom stereocenters. The maximum absolute atomic E-state index is 13.0. The lowest BCUT2D eigenvalue weighted by Gasteiger charge is -2.30. The summed E-state index contributed by atoms with van der Waals surface area (Å²) in [6, 6.07) is 13.8. The predicted molar refractivity (Wildman–Crippen MR) is 131 cm³/mol. The molecule has 0 heterocycles. The SMILES string of the molecule is CN(Cc1ccc(C(=O)NC2CC2)cc1)C(=O)c1ccc(S(=O)(=O)N(C)C2CCCCC2)cc1. The largest absolute Gasteiger partial charge is 0.349 e. The van der Waals surface area contributed by atoms with Gasteiger partial charge in [-0.1, -0.05) is 31.4 Å². The number of rotatable bonds is 8. The topological polar surface area (TPSA) is 86.8 Å². The molecule has 7 nitrogen and oxygen atoms in total. The first kappa shape index (κ1) is 24.4. The maximum atomic E-state index is 13.0. The fourth-order valence-electron chi connectivity index (χ4n) is 4.40. The van der Waals surface area contributed by atoms with Crippen molar-refractivity contribution in [3.05, 3.63) is 65.2 Å². The standard InChI is InChI=1S/C26H33N3O4S/c1-28(18-19-8-10-20(11-9-19)25(30)27-22-14-15-22)26(31)21-12-16-24(17-13-21)34(32,33)29(2)23-6-4-3-5-7-23/h8-13,16-17,22-23H,3-7,14-15,18H2,1-2H3,(H,27,30). The summed E-state index contributed by atoms with van der Waals surface area (Å²) >= 11 is 0. The third kappa shape index (κ3) is 5.67. The van der Waals surface area contributed by atoms with Crippen molar-refractivity contribution in [1.82, 2.24) is 14.5 Å². The van der Waals surface area contributed by atoms with E-state index in [2.05, 4.69) is 5.32 Å². The van der Waals surface area contributed by atoms with Crippen LogP contribution >= 0.6 is 0 Å². The Morgan fingerprint density at radius 1 is 0.853 bits per heavy atom. The van der Waals surface area contributed by atoms with E-state index in [0.29, 0.717) is 23.7 Å². The molecule has 4 rings (SSSR count). The molecule has 34 heavy (non-hydrogen) atoms. The van der Waals surface area contributed by atoms with Crippen molar-refractivity contribution >= 4 is 21.8 Å². The molecule has 8 heteroatoms. The van der Waals surface area contributed by atoms with E-state index in [-0.39, 0.29) is 22.8 Å². The molecule has 0 aliphatic heterocycles. The zero-order chi connectivity index (χ0) is 24.3. The fourth-order valence-corrected chi connectivity index (χ4v) is 5.82. The Hall–Kier alpha value is -2.71. The first-order valence-corrected chi connectivity index (χ1v) is 13.4. The van der Waals surface area contributed by atoms with Gasteiger partial charge in [-0.05, 0) is 67.6 Å². The Kier molecular flexibility index (Phi) is 7.38. The van der Waals surface area contributed by atoms with E-state index < -0.39 is 10.0 Å². The summed E-state index contributed by atoms with van der Waals surface area (Å²) in [5.41, 5.74) is 1.95. The van der Waals surface area contributed by atoms with Gasteiger partial charge in [-0.3, -0.25) is 9.59 Å². The smallest absolute Gasteiger partial charge is 0.253 e. The van der Waals surface area contributed by atoms with E-state index in [1.807, 2.05) is 12.1 Å². The maximum Gasteiger partial charge on any atom is 0.253 e. The summed E-state index contributed by atoms with van der Waals surface area (Å²) in [7, 11) is -0.231. The highest BCUT2D eigenvalue weighted by atomic mass is 32.2. The Balaban J connectivity index is 1.37. The van der Waals surface area contributed by atoms with Crippen LogP contribution in [0.25, 0.3) is 0 Å². The second kappa shape index (κ2) is 10.3. The molecule has 2 aliphatic rings. The summed E-state index contributed by atoms with van der Waals surface area (Å²) in [5, 5.41) is 2.96. The van der Waals surface area contributed by atoms with E-state index in [1.54, 1.807) is 43.3 Å². The van der Waals surface area contributed by atoms with Crippen LogP contribution in [0.4, 0.5) is 0 Å². The van der Waals surface area contributed by atoms with Crippen molar-refractivity contribution in [2.45, 2.75) is 68.5 Å². The highest BCUT2D eigenvalue weighted by Crippen LogP contribution is 2.26. The third-order valence-electron chi connectivity index (χ3n) is 6.76. The van der Waals surface area contributed by atoms with Gasteiger partial charge in [-0.2, -0.15) is 4.31 Å². The summed E-state index contributed by atoms with van der Waals surface area (Å²) in [6.45, 7) is 0.383. The minimum absolute atomic E-state index is 0.0392. The van der Waals surface area contributed by atoms with Crippen LogP contribution in [-0.2, 0) is 16.6 Å². The van der Waals surface area contributed by atoms with Gasteiger partial charge < -0.3 is 10.2 Å². The number of nitrogens with one attached hydrogen (secondary N) is 1. The van der Waals surface area contributed by atoms with Crippen molar-refractivity contribution in [2.24, 2.45) is 0 Å². The first-order chi connectivity index (χ1) is 16.3. The summed E-state index contributed by atoms with van der Waals surface area (Å²) < 4.78 is 27.5. The lowest BCUT2D eigenvalue weighted by atomic mass is 9.96. The Bertz CT molecular complexity index is 1120. The monoisotopic (exact) mass is 483 g/mol. The van der Waals surface area contributed by atoms with E-state index in [0.717, 1.165) is 50.5 Å². The van der Waals surface area contributed by atoms with Crippen LogP contribution in [-0.4, -0.2) is 55.6 Å². The van der Waals surface area contributed by atoms with Crippen LogP contribution in [0.1, 0.15) is 71.2 Å². The number of hydrogen-bond acceptors (Lipinski definition) is 4. The number of benzene rings is 2. The Labute approximate surface area is 202 Å². The molecule has 0 saturated heterocycles. The molecule has 0 bridgehead atoms. The molecule has 2 aromatic rings. The fraction of sp³-hybridized carbons (Fsp3) is 0.462. The van der Waals surface area contributed by atoms with Gasteiger partial charge in [0.25, 0.3) is 11.8 Å². The molecule has 182 valence electrons. The van der Waals surface area contributed by atoms with Gasteiger partial charge in [0.1, 0.15) is 0 Å². The number of amides is 2. The highest BCUT2D eigenvalue weighted by molar-refractivity contribution is 7.89. The van der Waals surface area contributed by atoms with Crippen molar-refractivity contribution in [1.29, 1.82) is 0 Å². The average molecular weight is 484 g/mol. The lowest BCUT2D eigenvalue weighted by molar-refractivity contribution is 0.0784. The van der Waals surface area contributed by atoms with E-state index in [4.69, 9.17) is 0 Å². The summed E-state index contributed by atoms with van der Waals surface area (Å²) in [5.74, 6) is -0.261. The minimum atomic E-state index is -3.59. The molecule has 2 fully saturated rings. The highest BCUT2D eigenvalue weighted by Gasteiger charge is 2.29. The first-order valence-electron chi connectivity index (χ1n) is 12.0. The zero-order valence-electron chi connectivity index (χ0n) is 19.9. The molecule has 2 aliphatic carbocycles. The Morgan fingerprint density at radius 2 is 1.44 bits per heavy atom.